The topological polar surface area (TPSA) is 88.2 Å². The van der Waals surface area contributed by atoms with Crippen molar-refractivity contribution in [2.24, 2.45) is 0 Å². The number of carboxylic acids is 1. The average Bonchev–Trinajstić information content (AvgIpc) is 2.61. The number of carbonyl (C=O) groups is 1. The van der Waals surface area contributed by atoms with Crippen LogP contribution in [0.25, 0.3) is 0 Å². The summed E-state index contributed by atoms with van der Waals surface area (Å²) in [5.74, 6) is -0.167. The van der Waals surface area contributed by atoms with Gasteiger partial charge in [-0.25, -0.2) is 4.79 Å². The standard InChI is InChI=1S/C10H15N3O3/c14-6-1-3-8-12-11-7-13(8)10(9(15)16)4-2-5-10/h7,14H,1-6H2,(H,15,16). The summed E-state index contributed by atoms with van der Waals surface area (Å²) in [5, 5.41) is 25.7. The van der Waals surface area contributed by atoms with E-state index < -0.39 is 11.5 Å². The van der Waals surface area contributed by atoms with Gasteiger partial charge in [0.25, 0.3) is 0 Å². The van der Waals surface area contributed by atoms with Gasteiger partial charge in [0.2, 0.25) is 0 Å². The third kappa shape index (κ3) is 1.59. The number of aliphatic hydroxyl groups is 1. The number of hydrogen-bond acceptors (Lipinski definition) is 4. The zero-order chi connectivity index (χ0) is 11.6. The molecule has 0 atom stereocenters. The number of nitrogens with zero attached hydrogens (tertiary/aromatic N) is 3. The Kier molecular flexibility index (Phi) is 2.91. The second kappa shape index (κ2) is 4.21. The Labute approximate surface area is 92.9 Å². The summed E-state index contributed by atoms with van der Waals surface area (Å²) in [4.78, 5) is 11.3. The van der Waals surface area contributed by atoms with Gasteiger partial charge >= 0.3 is 5.97 Å². The van der Waals surface area contributed by atoms with Gasteiger partial charge in [0.15, 0.2) is 0 Å². The Bertz CT molecular complexity index is 384. The largest absolute Gasteiger partial charge is 0.479 e. The van der Waals surface area contributed by atoms with E-state index in [1.54, 1.807) is 4.57 Å². The van der Waals surface area contributed by atoms with E-state index in [2.05, 4.69) is 10.2 Å². The highest BCUT2D eigenvalue weighted by molar-refractivity contribution is 5.78. The molecule has 1 aromatic heterocycles. The lowest BCUT2D eigenvalue weighted by Crippen LogP contribution is -2.48. The van der Waals surface area contributed by atoms with Crippen LogP contribution in [0.4, 0.5) is 0 Å². The first-order valence-corrected chi connectivity index (χ1v) is 5.44. The molecule has 6 heteroatoms. The number of carboxylic acid groups (broad SMARTS) is 1. The smallest absolute Gasteiger partial charge is 0.329 e. The third-order valence-corrected chi connectivity index (χ3v) is 3.22. The van der Waals surface area contributed by atoms with Crippen molar-refractivity contribution in [1.82, 2.24) is 14.8 Å². The van der Waals surface area contributed by atoms with Crippen LogP contribution >= 0.6 is 0 Å². The summed E-state index contributed by atoms with van der Waals surface area (Å²) < 4.78 is 1.66. The molecule has 0 spiro atoms. The van der Waals surface area contributed by atoms with Crippen LogP contribution < -0.4 is 0 Å². The Morgan fingerprint density at radius 3 is 2.81 bits per heavy atom. The summed E-state index contributed by atoms with van der Waals surface area (Å²) in [6.07, 6.45) is 4.81. The predicted molar refractivity (Wildman–Crippen MR) is 54.9 cm³/mol. The van der Waals surface area contributed by atoms with E-state index in [1.807, 2.05) is 0 Å². The summed E-state index contributed by atoms with van der Waals surface area (Å²) in [6, 6.07) is 0. The third-order valence-electron chi connectivity index (χ3n) is 3.22. The minimum atomic E-state index is -0.839. The van der Waals surface area contributed by atoms with Gasteiger partial charge in [-0.2, -0.15) is 0 Å². The molecule has 0 bridgehead atoms. The normalized spacial score (nSPS) is 18.1. The number of aliphatic hydroxyl groups excluding tert-OH is 1. The molecular weight excluding hydrogens is 210 g/mol. The molecule has 0 amide bonds. The molecule has 0 radical (unpaired) electrons. The first kappa shape index (κ1) is 11.1. The maximum absolute atomic E-state index is 11.3. The number of hydrogen-bond donors (Lipinski definition) is 2. The van der Waals surface area contributed by atoms with Crippen molar-refractivity contribution in [3.63, 3.8) is 0 Å². The van der Waals surface area contributed by atoms with E-state index in [9.17, 15) is 9.90 Å². The molecule has 6 nitrogen and oxygen atoms in total. The molecule has 88 valence electrons. The maximum atomic E-state index is 11.3. The Hall–Kier alpha value is -1.43. The molecule has 1 saturated carbocycles. The Morgan fingerprint density at radius 2 is 2.31 bits per heavy atom. The molecule has 0 aliphatic heterocycles. The van der Waals surface area contributed by atoms with Gasteiger partial charge in [0, 0.05) is 13.0 Å². The SMILES string of the molecule is O=C(O)C1(n2cnnc2CCCO)CCC1. The van der Waals surface area contributed by atoms with Crippen LogP contribution in [0.5, 0.6) is 0 Å². The number of aliphatic carboxylic acids is 1. The summed E-state index contributed by atoms with van der Waals surface area (Å²) in [6.45, 7) is 0.0763. The van der Waals surface area contributed by atoms with Crippen molar-refractivity contribution < 1.29 is 15.0 Å². The average molecular weight is 225 g/mol. The molecule has 1 aliphatic rings. The lowest BCUT2D eigenvalue weighted by Gasteiger charge is -2.39. The van der Waals surface area contributed by atoms with Crippen LogP contribution in [0.15, 0.2) is 6.33 Å². The van der Waals surface area contributed by atoms with Crippen molar-refractivity contribution in [2.75, 3.05) is 6.61 Å². The van der Waals surface area contributed by atoms with Crippen LogP contribution in [0.1, 0.15) is 31.5 Å². The second-order valence-electron chi connectivity index (χ2n) is 4.13. The molecule has 2 N–H and O–H groups in total. The van der Waals surface area contributed by atoms with E-state index in [0.717, 1.165) is 6.42 Å². The van der Waals surface area contributed by atoms with Gasteiger partial charge in [-0.1, -0.05) is 0 Å². The minimum Gasteiger partial charge on any atom is -0.479 e. The van der Waals surface area contributed by atoms with Gasteiger partial charge in [-0.05, 0) is 25.7 Å². The molecule has 0 aromatic carbocycles. The van der Waals surface area contributed by atoms with Crippen LogP contribution in [-0.4, -0.2) is 37.6 Å². The predicted octanol–water partition coefficient (Wildman–Crippen LogP) is 0.167. The van der Waals surface area contributed by atoms with E-state index in [-0.39, 0.29) is 6.61 Å². The molecular formula is C10H15N3O3. The van der Waals surface area contributed by atoms with Crippen molar-refractivity contribution >= 4 is 5.97 Å². The maximum Gasteiger partial charge on any atom is 0.329 e. The van der Waals surface area contributed by atoms with Gasteiger partial charge in [0.05, 0.1) is 0 Å². The van der Waals surface area contributed by atoms with Gasteiger partial charge in [-0.15, -0.1) is 10.2 Å². The summed E-state index contributed by atoms with van der Waals surface area (Å²) >= 11 is 0. The highest BCUT2D eigenvalue weighted by atomic mass is 16.4. The van der Waals surface area contributed by atoms with Crippen molar-refractivity contribution in [2.45, 2.75) is 37.6 Å². The van der Waals surface area contributed by atoms with Gasteiger partial charge < -0.3 is 14.8 Å². The molecule has 0 saturated heterocycles. The second-order valence-corrected chi connectivity index (χ2v) is 4.13. The highest BCUT2D eigenvalue weighted by Gasteiger charge is 2.47. The Balaban J connectivity index is 2.25. The van der Waals surface area contributed by atoms with E-state index in [1.165, 1.54) is 6.33 Å². The fourth-order valence-electron chi connectivity index (χ4n) is 2.09. The molecule has 16 heavy (non-hydrogen) atoms. The summed E-state index contributed by atoms with van der Waals surface area (Å²) in [7, 11) is 0. The van der Waals surface area contributed by atoms with E-state index in [4.69, 9.17) is 5.11 Å². The fraction of sp³-hybridized carbons (Fsp3) is 0.700. The van der Waals surface area contributed by atoms with Crippen molar-refractivity contribution in [1.29, 1.82) is 0 Å². The first-order valence-electron chi connectivity index (χ1n) is 5.44. The first-order chi connectivity index (χ1) is 7.70. The van der Waals surface area contributed by atoms with Gasteiger partial charge in [-0.3, -0.25) is 0 Å². The number of aromatic nitrogens is 3. The molecule has 2 rings (SSSR count). The number of rotatable bonds is 5. The lowest BCUT2D eigenvalue weighted by molar-refractivity contribution is -0.152. The summed E-state index contributed by atoms with van der Waals surface area (Å²) in [5.41, 5.74) is -0.839. The molecule has 1 heterocycles. The zero-order valence-electron chi connectivity index (χ0n) is 8.96. The molecule has 1 aliphatic carbocycles. The molecule has 1 aromatic rings. The zero-order valence-corrected chi connectivity index (χ0v) is 8.96. The minimum absolute atomic E-state index is 0.0763. The van der Waals surface area contributed by atoms with Crippen molar-refractivity contribution in [3.8, 4) is 0 Å². The quantitative estimate of drug-likeness (QED) is 0.745. The van der Waals surface area contributed by atoms with Gasteiger partial charge in [0.1, 0.15) is 17.7 Å². The fourth-order valence-corrected chi connectivity index (χ4v) is 2.09. The number of aryl methyl sites for hydroxylation is 1. The van der Waals surface area contributed by atoms with Crippen LogP contribution in [0.3, 0.4) is 0 Å². The Morgan fingerprint density at radius 1 is 1.56 bits per heavy atom. The van der Waals surface area contributed by atoms with Crippen molar-refractivity contribution in [3.05, 3.63) is 12.2 Å². The van der Waals surface area contributed by atoms with E-state index in [0.29, 0.717) is 31.5 Å². The van der Waals surface area contributed by atoms with Crippen LogP contribution in [-0.2, 0) is 16.8 Å². The highest BCUT2D eigenvalue weighted by Crippen LogP contribution is 2.40. The lowest BCUT2D eigenvalue weighted by atomic mass is 9.76. The monoisotopic (exact) mass is 225 g/mol. The van der Waals surface area contributed by atoms with Crippen LogP contribution in [0.2, 0.25) is 0 Å². The molecule has 1 fully saturated rings. The van der Waals surface area contributed by atoms with Crippen LogP contribution in [0, 0.1) is 0 Å². The molecule has 0 unspecified atom stereocenters. The van der Waals surface area contributed by atoms with E-state index >= 15 is 0 Å².